The van der Waals surface area contributed by atoms with Gasteiger partial charge in [0, 0.05) is 17.1 Å². The van der Waals surface area contributed by atoms with Crippen molar-refractivity contribution in [3.05, 3.63) is 58.6 Å². The van der Waals surface area contributed by atoms with Gasteiger partial charge >= 0.3 is 0 Å². The quantitative estimate of drug-likeness (QED) is 0.540. The molecule has 0 saturated carbocycles. The highest BCUT2D eigenvalue weighted by molar-refractivity contribution is 7.92. The van der Waals surface area contributed by atoms with Crippen LogP contribution in [0.25, 0.3) is 0 Å². The van der Waals surface area contributed by atoms with Crippen molar-refractivity contribution in [3.8, 4) is 5.75 Å². The third kappa shape index (κ3) is 8.14. The molecule has 0 aromatic heterocycles. The minimum absolute atomic E-state index is 0.0945. The summed E-state index contributed by atoms with van der Waals surface area (Å²) in [5.41, 5.74) is 1.30. The molecule has 192 valence electrons. The number of hydrogen-bond donors (Lipinski definition) is 1. The third-order valence-corrected chi connectivity index (χ3v) is 6.59. The number of anilines is 1. The second-order valence-electron chi connectivity index (χ2n) is 9.51. The van der Waals surface area contributed by atoms with Crippen LogP contribution in [0.15, 0.2) is 42.5 Å². The lowest BCUT2D eigenvalue weighted by molar-refractivity contribution is -0.140. The number of nitrogens with one attached hydrogen (secondary N) is 1. The molecule has 2 aromatic rings. The predicted octanol–water partition coefficient (Wildman–Crippen LogP) is 3.76. The number of hydrogen-bond acceptors (Lipinski definition) is 5. The Kier molecular flexibility index (Phi) is 9.19. The van der Waals surface area contributed by atoms with E-state index in [-0.39, 0.29) is 18.1 Å². The summed E-state index contributed by atoms with van der Waals surface area (Å²) >= 11 is 5.99. The number of halogens is 1. The molecule has 0 heterocycles. The molecule has 0 radical (unpaired) electrons. The largest absolute Gasteiger partial charge is 0.495 e. The first-order valence-electron chi connectivity index (χ1n) is 11.1. The number of aryl methyl sites for hydroxylation is 1. The molecule has 2 amide bonds. The Morgan fingerprint density at radius 2 is 1.71 bits per heavy atom. The molecule has 8 nitrogen and oxygen atoms in total. The zero-order chi connectivity index (χ0) is 26.6. The molecule has 1 atom stereocenters. The monoisotopic (exact) mass is 523 g/mol. The number of nitrogens with zero attached hydrogens (tertiary/aromatic N) is 2. The van der Waals surface area contributed by atoms with E-state index in [2.05, 4.69) is 5.32 Å². The number of amides is 2. The van der Waals surface area contributed by atoms with E-state index >= 15 is 0 Å². The molecule has 0 unspecified atom stereocenters. The Morgan fingerprint density at radius 1 is 1.11 bits per heavy atom. The molecule has 35 heavy (non-hydrogen) atoms. The Morgan fingerprint density at radius 3 is 2.23 bits per heavy atom. The van der Waals surface area contributed by atoms with Crippen LogP contribution in [0.3, 0.4) is 0 Å². The van der Waals surface area contributed by atoms with Crippen LogP contribution < -0.4 is 14.4 Å². The maximum atomic E-state index is 13.6. The van der Waals surface area contributed by atoms with Gasteiger partial charge in [0.1, 0.15) is 18.3 Å². The number of carbonyl (C=O) groups excluding carboxylic acids is 2. The van der Waals surface area contributed by atoms with E-state index in [1.165, 1.54) is 12.0 Å². The molecule has 0 bridgehead atoms. The molecule has 0 fully saturated rings. The van der Waals surface area contributed by atoms with Gasteiger partial charge in [0.05, 0.1) is 19.1 Å². The van der Waals surface area contributed by atoms with E-state index in [0.29, 0.717) is 10.8 Å². The first-order valence-corrected chi connectivity index (χ1v) is 13.3. The molecule has 10 heteroatoms. The van der Waals surface area contributed by atoms with Crippen LogP contribution in [0.1, 0.15) is 38.8 Å². The van der Waals surface area contributed by atoms with E-state index in [1.807, 2.05) is 27.7 Å². The van der Waals surface area contributed by atoms with Crippen LogP contribution in [-0.4, -0.2) is 56.6 Å². The van der Waals surface area contributed by atoms with Crippen LogP contribution in [0, 0.1) is 6.92 Å². The minimum atomic E-state index is -3.86. The lowest BCUT2D eigenvalue weighted by atomic mass is 10.1. The number of carbonyl (C=O) groups is 2. The standard InChI is InChI=1S/C25H34ClN3O5S/c1-17-8-13-22(34-6)21(14-17)29(35(7,32)33)16-23(30)28(15-19-9-11-20(26)12-10-19)18(2)24(31)27-25(3,4)5/h8-14,18H,15-16H2,1-7H3,(H,27,31)/t18-/m0/s1. The van der Waals surface area contributed by atoms with Gasteiger partial charge in [-0.05, 0) is 70.0 Å². The van der Waals surface area contributed by atoms with Gasteiger partial charge in [0.25, 0.3) is 0 Å². The summed E-state index contributed by atoms with van der Waals surface area (Å²) in [4.78, 5) is 27.9. The van der Waals surface area contributed by atoms with Crippen molar-refractivity contribution in [2.75, 3.05) is 24.2 Å². The highest BCUT2D eigenvalue weighted by Gasteiger charge is 2.32. The van der Waals surface area contributed by atoms with Crippen molar-refractivity contribution in [1.29, 1.82) is 0 Å². The minimum Gasteiger partial charge on any atom is -0.495 e. The van der Waals surface area contributed by atoms with Crippen LogP contribution in [0.2, 0.25) is 5.02 Å². The van der Waals surface area contributed by atoms with Gasteiger partial charge in [0.2, 0.25) is 21.8 Å². The maximum absolute atomic E-state index is 13.6. The van der Waals surface area contributed by atoms with E-state index < -0.39 is 34.1 Å². The van der Waals surface area contributed by atoms with Gasteiger partial charge in [-0.15, -0.1) is 0 Å². The van der Waals surface area contributed by atoms with Crippen molar-refractivity contribution >= 4 is 39.1 Å². The smallest absolute Gasteiger partial charge is 0.244 e. The van der Waals surface area contributed by atoms with Gasteiger partial charge in [-0.25, -0.2) is 8.42 Å². The Balaban J connectivity index is 2.47. The summed E-state index contributed by atoms with van der Waals surface area (Å²) < 4.78 is 31.9. The summed E-state index contributed by atoms with van der Waals surface area (Å²) in [6, 6.07) is 11.1. The summed E-state index contributed by atoms with van der Waals surface area (Å²) in [5.74, 6) is -0.569. The SMILES string of the molecule is COc1ccc(C)cc1N(CC(=O)N(Cc1ccc(Cl)cc1)[C@@H](C)C(=O)NC(C)(C)C)S(C)(=O)=O. The predicted molar refractivity (Wildman–Crippen MR) is 139 cm³/mol. The zero-order valence-corrected chi connectivity index (χ0v) is 22.8. The Labute approximate surface area is 213 Å². The summed E-state index contributed by atoms with van der Waals surface area (Å²) in [6.45, 7) is 8.57. The summed E-state index contributed by atoms with van der Waals surface area (Å²) in [7, 11) is -2.43. The molecule has 0 aliphatic heterocycles. The fourth-order valence-corrected chi connectivity index (χ4v) is 4.40. The highest BCUT2D eigenvalue weighted by Crippen LogP contribution is 2.31. The normalized spacial score (nSPS) is 12.6. The van der Waals surface area contributed by atoms with Crippen molar-refractivity contribution < 1.29 is 22.7 Å². The lowest BCUT2D eigenvalue weighted by Gasteiger charge is -2.33. The van der Waals surface area contributed by atoms with Gasteiger partial charge in [-0.1, -0.05) is 29.8 Å². The van der Waals surface area contributed by atoms with E-state index in [1.54, 1.807) is 49.4 Å². The van der Waals surface area contributed by atoms with Crippen molar-refractivity contribution in [2.24, 2.45) is 0 Å². The molecule has 0 aliphatic carbocycles. The van der Waals surface area contributed by atoms with Gasteiger partial charge < -0.3 is 15.0 Å². The molecule has 2 aromatic carbocycles. The summed E-state index contributed by atoms with van der Waals surface area (Å²) in [5, 5.41) is 3.43. The first-order chi connectivity index (χ1) is 16.1. The van der Waals surface area contributed by atoms with E-state index in [9.17, 15) is 18.0 Å². The maximum Gasteiger partial charge on any atom is 0.244 e. The van der Waals surface area contributed by atoms with Crippen LogP contribution >= 0.6 is 11.6 Å². The number of benzene rings is 2. The lowest BCUT2D eigenvalue weighted by Crippen LogP contribution is -2.54. The van der Waals surface area contributed by atoms with Gasteiger partial charge in [0.15, 0.2) is 0 Å². The van der Waals surface area contributed by atoms with Gasteiger partial charge in [-0.3, -0.25) is 13.9 Å². The number of rotatable bonds is 9. The average Bonchev–Trinajstić information content (AvgIpc) is 2.74. The van der Waals surface area contributed by atoms with Crippen LogP contribution in [0.5, 0.6) is 5.75 Å². The molecule has 1 N–H and O–H groups in total. The van der Waals surface area contributed by atoms with E-state index in [0.717, 1.165) is 21.7 Å². The number of ether oxygens (including phenoxy) is 1. The molecular weight excluding hydrogens is 490 g/mol. The van der Waals surface area contributed by atoms with Gasteiger partial charge in [-0.2, -0.15) is 0 Å². The molecular formula is C25H34ClN3O5S. The van der Waals surface area contributed by atoms with Crippen molar-refractivity contribution in [1.82, 2.24) is 10.2 Å². The van der Waals surface area contributed by atoms with Crippen molar-refractivity contribution in [3.63, 3.8) is 0 Å². The van der Waals surface area contributed by atoms with Crippen LogP contribution in [-0.2, 0) is 26.2 Å². The third-order valence-electron chi connectivity index (χ3n) is 5.21. The molecule has 2 rings (SSSR count). The fourth-order valence-electron chi connectivity index (χ4n) is 3.43. The number of sulfonamides is 1. The molecule has 0 aliphatic rings. The second kappa shape index (κ2) is 11.3. The summed E-state index contributed by atoms with van der Waals surface area (Å²) in [6.07, 6.45) is 1.03. The molecule has 0 saturated heterocycles. The fraction of sp³-hybridized carbons (Fsp3) is 0.440. The average molecular weight is 524 g/mol. The topological polar surface area (TPSA) is 96.0 Å². The first kappa shape index (κ1) is 28.5. The second-order valence-corrected chi connectivity index (χ2v) is 11.9. The highest BCUT2D eigenvalue weighted by atomic mass is 35.5. The molecule has 0 spiro atoms. The Bertz CT molecular complexity index is 1160. The van der Waals surface area contributed by atoms with Crippen molar-refractivity contribution in [2.45, 2.75) is 52.7 Å². The van der Waals surface area contributed by atoms with Crippen LogP contribution in [0.4, 0.5) is 5.69 Å². The zero-order valence-electron chi connectivity index (χ0n) is 21.3. The number of methoxy groups -OCH3 is 1. The Hall–Kier alpha value is -2.78. The van der Waals surface area contributed by atoms with E-state index in [4.69, 9.17) is 16.3 Å².